The summed E-state index contributed by atoms with van der Waals surface area (Å²) in [6.45, 7) is 2.62. The number of nitrogens with zero attached hydrogens (tertiary/aromatic N) is 3. The van der Waals surface area contributed by atoms with Gasteiger partial charge in [0.2, 0.25) is 0 Å². The van der Waals surface area contributed by atoms with Crippen molar-refractivity contribution in [1.82, 2.24) is 9.88 Å². The maximum absolute atomic E-state index is 8.83. The molecule has 19 heavy (non-hydrogen) atoms. The second-order valence-corrected chi connectivity index (χ2v) is 4.97. The average Bonchev–Trinajstić information content (AvgIpc) is 2.93. The van der Waals surface area contributed by atoms with Crippen molar-refractivity contribution in [3.63, 3.8) is 0 Å². The molecule has 4 heteroatoms. The Labute approximate surface area is 112 Å². The molecule has 96 valence electrons. The van der Waals surface area contributed by atoms with E-state index < -0.39 is 0 Å². The average molecular weight is 252 g/mol. The summed E-state index contributed by atoms with van der Waals surface area (Å²) in [7, 11) is 0. The number of para-hydroxylation sites is 1. The minimum Gasteiger partial charge on any atom is -0.370 e. The van der Waals surface area contributed by atoms with Crippen molar-refractivity contribution in [1.29, 1.82) is 5.26 Å². The summed E-state index contributed by atoms with van der Waals surface area (Å²) in [6, 6.07) is 12.2. The molecule has 1 fully saturated rings. The first kappa shape index (κ1) is 11.8. The van der Waals surface area contributed by atoms with Crippen molar-refractivity contribution in [2.45, 2.75) is 6.42 Å². The van der Waals surface area contributed by atoms with Crippen molar-refractivity contribution >= 4 is 16.7 Å². The second kappa shape index (κ2) is 5.15. The standard InChI is InChI=1S/C15H16N4/c16-11-19-8-7-12(10-19)9-17-15-6-5-13-3-1-2-4-14(13)18-15/h1-6,12H,7-10H2,(H,17,18). The molecule has 1 aromatic carbocycles. The van der Waals surface area contributed by atoms with Gasteiger partial charge < -0.3 is 10.2 Å². The topological polar surface area (TPSA) is 52.0 Å². The third-order valence-electron chi connectivity index (χ3n) is 3.60. The fourth-order valence-corrected chi connectivity index (χ4v) is 2.50. The molecular weight excluding hydrogens is 236 g/mol. The summed E-state index contributed by atoms with van der Waals surface area (Å²) >= 11 is 0. The molecule has 1 aliphatic heterocycles. The number of nitrogens with one attached hydrogen (secondary N) is 1. The van der Waals surface area contributed by atoms with Gasteiger partial charge >= 0.3 is 0 Å². The fourth-order valence-electron chi connectivity index (χ4n) is 2.50. The maximum Gasteiger partial charge on any atom is 0.179 e. The zero-order chi connectivity index (χ0) is 13.1. The molecular formula is C15H16N4. The number of hydrogen-bond acceptors (Lipinski definition) is 4. The first-order valence-electron chi connectivity index (χ1n) is 6.59. The van der Waals surface area contributed by atoms with Crippen LogP contribution < -0.4 is 5.32 Å². The van der Waals surface area contributed by atoms with Gasteiger partial charge in [-0.15, -0.1) is 0 Å². The number of pyridine rings is 1. The van der Waals surface area contributed by atoms with Crippen LogP contribution in [0.3, 0.4) is 0 Å². The van der Waals surface area contributed by atoms with E-state index in [0.29, 0.717) is 5.92 Å². The number of fused-ring (bicyclic) bond motifs is 1. The zero-order valence-electron chi connectivity index (χ0n) is 10.7. The van der Waals surface area contributed by atoms with E-state index >= 15 is 0 Å². The predicted octanol–water partition coefficient (Wildman–Crippen LogP) is 2.45. The van der Waals surface area contributed by atoms with Crippen molar-refractivity contribution in [3.8, 4) is 6.19 Å². The summed E-state index contributed by atoms with van der Waals surface area (Å²) in [5.74, 6) is 1.45. The molecule has 0 amide bonds. The van der Waals surface area contributed by atoms with E-state index in [0.717, 1.165) is 42.8 Å². The molecule has 0 spiro atoms. The van der Waals surface area contributed by atoms with Crippen molar-refractivity contribution in [2.75, 3.05) is 25.0 Å². The molecule has 0 aliphatic carbocycles. The van der Waals surface area contributed by atoms with E-state index in [2.05, 4.69) is 28.6 Å². The van der Waals surface area contributed by atoms with E-state index in [-0.39, 0.29) is 0 Å². The first-order valence-corrected chi connectivity index (χ1v) is 6.59. The van der Waals surface area contributed by atoms with Crippen LogP contribution in [0.5, 0.6) is 0 Å². The van der Waals surface area contributed by atoms with E-state index in [9.17, 15) is 0 Å². The summed E-state index contributed by atoms with van der Waals surface area (Å²) in [5.41, 5.74) is 1.01. The maximum atomic E-state index is 8.83. The number of rotatable bonds is 3. The van der Waals surface area contributed by atoms with Gasteiger partial charge in [0.05, 0.1) is 5.52 Å². The molecule has 0 bridgehead atoms. The predicted molar refractivity (Wildman–Crippen MR) is 75.5 cm³/mol. The summed E-state index contributed by atoms with van der Waals surface area (Å²) < 4.78 is 0. The number of benzene rings is 1. The van der Waals surface area contributed by atoms with Gasteiger partial charge in [0, 0.05) is 25.0 Å². The number of hydrogen-bond donors (Lipinski definition) is 1. The van der Waals surface area contributed by atoms with E-state index in [4.69, 9.17) is 5.26 Å². The molecule has 2 heterocycles. The van der Waals surface area contributed by atoms with Crippen LogP contribution in [0.1, 0.15) is 6.42 Å². The van der Waals surface area contributed by atoms with Crippen LogP contribution in [0.4, 0.5) is 5.82 Å². The number of nitriles is 1. The fraction of sp³-hybridized carbons (Fsp3) is 0.333. The Kier molecular flexibility index (Phi) is 3.20. The number of likely N-dealkylation sites (tertiary alicyclic amines) is 1. The summed E-state index contributed by atoms with van der Waals surface area (Å²) in [6.07, 6.45) is 3.28. The van der Waals surface area contributed by atoms with Gasteiger partial charge in [0.1, 0.15) is 5.82 Å². The van der Waals surface area contributed by atoms with Crippen molar-refractivity contribution in [2.24, 2.45) is 5.92 Å². The molecule has 1 atom stereocenters. The molecule has 0 saturated carbocycles. The lowest BCUT2D eigenvalue weighted by Gasteiger charge is -2.12. The third kappa shape index (κ3) is 2.60. The van der Waals surface area contributed by atoms with Crippen molar-refractivity contribution < 1.29 is 0 Å². The Balaban J connectivity index is 1.64. The Hall–Kier alpha value is -2.28. The lowest BCUT2D eigenvalue weighted by Crippen LogP contribution is -2.19. The number of anilines is 1. The van der Waals surface area contributed by atoms with Crippen LogP contribution in [0, 0.1) is 17.4 Å². The molecule has 1 aromatic heterocycles. The van der Waals surface area contributed by atoms with Gasteiger partial charge in [-0.1, -0.05) is 18.2 Å². The molecule has 1 N–H and O–H groups in total. The SMILES string of the molecule is N#CN1CCC(CNc2ccc3ccccc3n2)C1. The van der Waals surface area contributed by atoms with E-state index in [1.54, 1.807) is 0 Å². The van der Waals surface area contributed by atoms with Gasteiger partial charge in [-0.25, -0.2) is 4.98 Å². The second-order valence-electron chi connectivity index (χ2n) is 4.97. The summed E-state index contributed by atoms with van der Waals surface area (Å²) in [5, 5.41) is 13.4. The van der Waals surface area contributed by atoms with Crippen LogP contribution in [-0.2, 0) is 0 Å². The minimum atomic E-state index is 0.535. The van der Waals surface area contributed by atoms with Crippen LogP contribution >= 0.6 is 0 Å². The monoisotopic (exact) mass is 252 g/mol. The normalized spacial score (nSPS) is 18.5. The lowest BCUT2D eigenvalue weighted by molar-refractivity contribution is 0.460. The number of aromatic nitrogens is 1. The summed E-state index contributed by atoms with van der Waals surface area (Å²) in [4.78, 5) is 6.41. The highest BCUT2D eigenvalue weighted by Crippen LogP contribution is 2.18. The Morgan fingerprint density at radius 3 is 3.05 bits per heavy atom. The molecule has 2 aromatic rings. The van der Waals surface area contributed by atoms with Crippen molar-refractivity contribution in [3.05, 3.63) is 36.4 Å². The smallest absolute Gasteiger partial charge is 0.179 e. The molecule has 3 rings (SSSR count). The Bertz CT molecular complexity index is 617. The van der Waals surface area contributed by atoms with Gasteiger partial charge in [0.15, 0.2) is 6.19 Å². The van der Waals surface area contributed by atoms with Crippen LogP contribution in [0.2, 0.25) is 0 Å². The highest BCUT2D eigenvalue weighted by atomic mass is 15.1. The third-order valence-corrected chi connectivity index (χ3v) is 3.60. The molecule has 1 unspecified atom stereocenters. The van der Waals surface area contributed by atoms with Gasteiger partial charge in [-0.3, -0.25) is 0 Å². The van der Waals surface area contributed by atoms with Crippen LogP contribution in [0.25, 0.3) is 10.9 Å². The van der Waals surface area contributed by atoms with Crippen LogP contribution in [-0.4, -0.2) is 29.5 Å². The Morgan fingerprint density at radius 2 is 2.21 bits per heavy atom. The van der Waals surface area contributed by atoms with Gasteiger partial charge in [-0.2, -0.15) is 5.26 Å². The highest BCUT2D eigenvalue weighted by molar-refractivity contribution is 5.79. The molecule has 0 radical (unpaired) electrons. The largest absolute Gasteiger partial charge is 0.370 e. The highest BCUT2D eigenvalue weighted by Gasteiger charge is 2.21. The Morgan fingerprint density at radius 1 is 1.32 bits per heavy atom. The molecule has 4 nitrogen and oxygen atoms in total. The van der Waals surface area contributed by atoms with Gasteiger partial charge in [0.25, 0.3) is 0 Å². The molecule has 1 aliphatic rings. The van der Waals surface area contributed by atoms with Gasteiger partial charge in [-0.05, 0) is 30.5 Å². The minimum absolute atomic E-state index is 0.535. The zero-order valence-corrected chi connectivity index (χ0v) is 10.7. The quantitative estimate of drug-likeness (QED) is 0.852. The first-order chi connectivity index (χ1) is 9.35. The van der Waals surface area contributed by atoms with E-state index in [1.807, 2.05) is 29.2 Å². The molecule has 1 saturated heterocycles. The van der Waals surface area contributed by atoms with E-state index in [1.165, 1.54) is 0 Å². The van der Waals surface area contributed by atoms with Crippen LogP contribution in [0.15, 0.2) is 36.4 Å². The lowest BCUT2D eigenvalue weighted by atomic mass is 10.1.